The predicted molar refractivity (Wildman–Crippen MR) is 62.1 cm³/mol. The lowest BCUT2D eigenvalue weighted by molar-refractivity contribution is -0.144. The van der Waals surface area contributed by atoms with Gasteiger partial charge in [-0.15, -0.1) is 0 Å². The lowest BCUT2D eigenvalue weighted by Crippen LogP contribution is -2.47. The van der Waals surface area contributed by atoms with Crippen LogP contribution in [-0.2, 0) is 10.3 Å². The van der Waals surface area contributed by atoms with Crippen LogP contribution in [0.3, 0.4) is 0 Å². The van der Waals surface area contributed by atoms with Crippen LogP contribution in [0.15, 0.2) is 18.2 Å². The summed E-state index contributed by atoms with van der Waals surface area (Å²) in [5.74, 6) is -2.22. The van der Waals surface area contributed by atoms with E-state index in [-0.39, 0.29) is 5.56 Å². The van der Waals surface area contributed by atoms with E-state index in [2.05, 4.69) is 5.32 Å². The van der Waals surface area contributed by atoms with Crippen LogP contribution in [0.25, 0.3) is 0 Å². The summed E-state index contributed by atoms with van der Waals surface area (Å²) in [5, 5.41) is 12.2. The first-order valence-electron chi connectivity index (χ1n) is 5.87. The number of aliphatic carboxylic acids is 1. The first-order chi connectivity index (χ1) is 8.41. The summed E-state index contributed by atoms with van der Waals surface area (Å²) in [6.07, 6.45) is 2.14. The van der Waals surface area contributed by atoms with Crippen LogP contribution >= 0.6 is 0 Å². The number of benzene rings is 1. The third-order valence-corrected chi connectivity index (χ3v) is 3.31. The highest BCUT2D eigenvalue weighted by molar-refractivity contribution is 5.80. The van der Waals surface area contributed by atoms with Crippen LogP contribution in [0.2, 0.25) is 0 Å². The van der Waals surface area contributed by atoms with Crippen molar-refractivity contribution in [3.8, 4) is 0 Å². The second-order valence-corrected chi connectivity index (χ2v) is 4.91. The maximum Gasteiger partial charge on any atom is 0.328 e. The lowest BCUT2D eigenvalue weighted by atomic mass is 9.91. The molecule has 1 unspecified atom stereocenters. The molecule has 1 aliphatic carbocycles. The maximum absolute atomic E-state index is 13.2. The van der Waals surface area contributed by atoms with E-state index in [4.69, 9.17) is 0 Å². The van der Waals surface area contributed by atoms with Crippen molar-refractivity contribution in [2.75, 3.05) is 6.54 Å². The third kappa shape index (κ3) is 2.67. The fourth-order valence-corrected chi connectivity index (χ4v) is 1.81. The molecule has 1 aliphatic rings. The van der Waals surface area contributed by atoms with E-state index in [1.54, 1.807) is 0 Å². The molecule has 1 saturated carbocycles. The van der Waals surface area contributed by atoms with E-state index in [1.165, 1.54) is 6.92 Å². The minimum Gasteiger partial charge on any atom is -0.480 e. The minimum atomic E-state index is -1.47. The molecule has 0 spiro atoms. The molecular weight excluding hydrogens is 240 g/mol. The zero-order chi connectivity index (χ0) is 13.3. The summed E-state index contributed by atoms with van der Waals surface area (Å²) < 4.78 is 26.3. The molecule has 0 saturated heterocycles. The van der Waals surface area contributed by atoms with Crippen LogP contribution in [-0.4, -0.2) is 17.6 Å². The Morgan fingerprint density at radius 1 is 1.39 bits per heavy atom. The molecule has 0 radical (unpaired) electrons. The summed E-state index contributed by atoms with van der Waals surface area (Å²) in [7, 11) is 0. The van der Waals surface area contributed by atoms with Crippen molar-refractivity contribution in [1.29, 1.82) is 0 Å². The third-order valence-electron chi connectivity index (χ3n) is 3.31. The number of carbonyl (C=O) groups is 1. The van der Waals surface area contributed by atoms with Crippen molar-refractivity contribution in [2.45, 2.75) is 25.3 Å². The van der Waals surface area contributed by atoms with Crippen LogP contribution < -0.4 is 5.32 Å². The standard InChI is InChI=1S/C13H15F2NO2/c1-13(12(17)18,16-7-8-2-3-8)9-4-10(14)6-11(15)5-9/h4-6,8,16H,2-3,7H2,1H3,(H,17,18). The van der Waals surface area contributed by atoms with E-state index >= 15 is 0 Å². The summed E-state index contributed by atoms with van der Waals surface area (Å²) in [5.41, 5.74) is -1.38. The molecule has 1 fully saturated rings. The predicted octanol–water partition coefficient (Wildman–Crippen LogP) is 2.26. The number of hydrogen-bond acceptors (Lipinski definition) is 2. The zero-order valence-corrected chi connectivity index (χ0v) is 10.0. The Hall–Kier alpha value is -1.49. The average molecular weight is 255 g/mol. The van der Waals surface area contributed by atoms with Gasteiger partial charge >= 0.3 is 5.97 Å². The SMILES string of the molecule is CC(NCC1CC1)(C(=O)O)c1cc(F)cc(F)c1. The second kappa shape index (κ2) is 4.65. The van der Waals surface area contributed by atoms with Crippen molar-refractivity contribution >= 4 is 5.97 Å². The molecule has 2 N–H and O–H groups in total. The van der Waals surface area contributed by atoms with Gasteiger partial charge in [0.1, 0.15) is 17.2 Å². The molecule has 2 rings (SSSR count). The van der Waals surface area contributed by atoms with Gasteiger partial charge in [-0.3, -0.25) is 5.32 Å². The molecule has 1 atom stereocenters. The quantitative estimate of drug-likeness (QED) is 0.848. The van der Waals surface area contributed by atoms with Gasteiger partial charge in [-0.2, -0.15) is 0 Å². The molecule has 3 nitrogen and oxygen atoms in total. The van der Waals surface area contributed by atoms with Gasteiger partial charge in [-0.25, -0.2) is 13.6 Å². The van der Waals surface area contributed by atoms with E-state index < -0.39 is 23.1 Å². The largest absolute Gasteiger partial charge is 0.480 e. The van der Waals surface area contributed by atoms with Crippen LogP contribution in [0, 0.1) is 17.6 Å². The summed E-state index contributed by atoms with van der Waals surface area (Å²) in [6, 6.07) is 2.83. The Morgan fingerprint density at radius 2 is 1.94 bits per heavy atom. The van der Waals surface area contributed by atoms with Crippen molar-refractivity contribution in [2.24, 2.45) is 5.92 Å². The Kier molecular flexibility index (Phi) is 3.34. The monoisotopic (exact) mass is 255 g/mol. The summed E-state index contributed by atoms with van der Waals surface area (Å²) in [6.45, 7) is 1.97. The highest BCUT2D eigenvalue weighted by Crippen LogP contribution is 2.30. The topological polar surface area (TPSA) is 49.3 Å². The Morgan fingerprint density at radius 3 is 2.39 bits per heavy atom. The van der Waals surface area contributed by atoms with E-state index in [0.29, 0.717) is 12.5 Å². The molecule has 0 heterocycles. The zero-order valence-electron chi connectivity index (χ0n) is 10.0. The smallest absolute Gasteiger partial charge is 0.328 e. The molecule has 0 amide bonds. The van der Waals surface area contributed by atoms with Gasteiger partial charge in [-0.1, -0.05) is 0 Å². The van der Waals surface area contributed by atoms with Gasteiger partial charge in [0.25, 0.3) is 0 Å². The van der Waals surface area contributed by atoms with Crippen molar-refractivity contribution < 1.29 is 18.7 Å². The molecular formula is C13H15F2NO2. The van der Waals surface area contributed by atoms with Gasteiger partial charge in [0.2, 0.25) is 0 Å². The number of rotatable bonds is 5. The normalized spacial score (nSPS) is 18.4. The molecule has 5 heteroatoms. The van der Waals surface area contributed by atoms with Gasteiger partial charge in [-0.05, 0) is 49.9 Å². The fraction of sp³-hybridized carbons (Fsp3) is 0.462. The minimum absolute atomic E-state index is 0.0909. The lowest BCUT2D eigenvalue weighted by Gasteiger charge is -2.27. The number of carboxylic acid groups (broad SMARTS) is 1. The highest BCUT2D eigenvalue weighted by atomic mass is 19.1. The second-order valence-electron chi connectivity index (χ2n) is 4.91. The van der Waals surface area contributed by atoms with Crippen LogP contribution in [0.5, 0.6) is 0 Å². The highest BCUT2D eigenvalue weighted by Gasteiger charge is 2.37. The molecule has 1 aromatic carbocycles. The van der Waals surface area contributed by atoms with Gasteiger partial charge in [0.05, 0.1) is 0 Å². The summed E-state index contributed by atoms with van der Waals surface area (Å²) in [4.78, 5) is 11.4. The molecule has 0 aromatic heterocycles. The van der Waals surface area contributed by atoms with Crippen LogP contribution in [0.1, 0.15) is 25.3 Å². The number of hydrogen-bond donors (Lipinski definition) is 2. The first-order valence-corrected chi connectivity index (χ1v) is 5.87. The maximum atomic E-state index is 13.2. The Labute approximate surface area is 104 Å². The van der Waals surface area contributed by atoms with E-state index in [9.17, 15) is 18.7 Å². The molecule has 0 bridgehead atoms. The Balaban J connectivity index is 2.28. The van der Waals surface area contributed by atoms with Gasteiger partial charge in [0.15, 0.2) is 0 Å². The average Bonchev–Trinajstić information content (AvgIpc) is 3.07. The fourth-order valence-electron chi connectivity index (χ4n) is 1.81. The van der Waals surface area contributed by atoms with Crippen LogP contribution in [0.4, 0.5) is 8.78 Å². The van der Waals surface area contributed by atoms with E-state index in [0.717, 1.165) is 31.0 Å². The molecule has 18 heavy (non-hydrogen) atoms. The number of nitrogens with one attached hydrogen (secondary N) is 1. The summed E-state index contributed by atoms with van der Waals surface area (Å²) >= 11 is 0. The molecule has 0 aliphatic heterocycles. The van der Waals surface area contributed by atoms with Crippen molar-refractivity contribution in [3.63, 3.8) is 0 Å². The van der Waals surface area contributed by atoms with Gasteiger partial charge < -0.3 is 5.11 Å². The van der Waals surface area contributed by atoms with E-state index in [1.807, 2.05) is 0 Å². The Bertz CT molecular complexity index is 454. The molecule has 98 valence electrons. The first kappa shape index (κ1) is 13.0. The number of carboxylic acids is 1. The molecule has 1 aromatic rings. The van der Waals surface area contributed by atoms with Crippen molar-refractivity contribution in [1.82, 2.24) is 5.32 Å². The van der Waals surface area contributed by atoms with Crippen molar-refractivity contribution in [3.05, 3.63) is 35.4 Å². The number of halogens is 2. The van der Waals surface area contributed by atoms with Gasteiger partial charge in [0, 0.05) is 6.07 Å².